The number of piperazine rings is 1. The van der Waals surface area contributed by atoms with Gasteiger partial charge >= 0.3 is 0 Å². The number of amides is 1. The number of nitrogens with zero attached hydrogens (tertiary/aromatic N) is 2. The molecule has 2 fully saturated rings. The van der Waals surface area contributed by atoms with Crippen molar-refractivity contribution in [2.75, 3.05) is 59.0 Å². The highest BCUT2D eigenvalue weighted by atomic mass is 32.2. The van der Waals surface area contributed by atoms with Gasteiger partial charge in [-0.05, 0) is 12.5 Å². The van der Waals surface area contributed by atoms with Crippen LogP contribution in [0.5, 0.6) is 17.2 Å². The van der Waals surface area contributed by atoms with E-state index in [0.29, 0.717) is 49.8 Å². The number of hydrogen-bond acceptors (Lipinski definition) is 7. The second-order valence-corrected chi connectivity index (χ2v) is 9.37. The van der Waals surface area contributed by atoms with Crippen molar-refractivity contribution in [3.63, 3.8) is 0 Å². The zero-order valence-electron chi connectivity index (χ0n) is 16.6. The van der Waals surface area contributed by atoms with Gasteiger partial charge in [-0.2, -0.15) is 0 Å². The number of benzene rings is 1. The van der Waals surface area contributed by atoms with Gasteiger partial charge in [-0.25, -0.2) is 8.42 Å². The molecule has 0 radical (unpaired) electrons. The molecule has 156 valence electrons. The van der Waals surface area contributed by atoms with Crippen LogP contribution in [0.25, 0.3) is 0 Å². The maximum Gasteiger partial charge on any atom is 0.227 e. The smallest absolute Gasteiger partial charge is 0.227 e. The Labute approximate surface area is 166 Å². The average molecular weight is 413 g/mol. The van der Waals surface area contributed by atoms with Crippen LogP contribution >= 0.6 is 0 Å². The zero-order chi connectivity index (χ0) is 20.3. The highest BCUT2D eigenvalue weighted by Crippen LogP contribution is 2.40. The van der Waals surface area contributed by atoms with Crippen LogP contribution < -0.4 is 14.2 Å². The van der Waals surface area contributed by atoms with Crippen molar-refractivity contribution >= 4 is 15.7 Å². The molecule has 9 heteroatoms. The van der Waals surface area contributed by atoms with E-state index in [2.05, 4.69) is 4.90 Å². The summed E-state index contributed by atoms with van der Waals surface area (Å²) in [5.74, 6) is 2.06. The SMILES string of the molecule is COc1ccc(CC(=O)N2CCN([C@@H]3CCS(=O)(=O)C3)CC2)c(OC)c1OC. The summed E-state index contributed by atoms with van der Waals surface area (Å²) in [5, 5.41) is 0. The Kier molecular flexibility index (Phi) is 6.34. The van der Waals surface area contributed by atoms with Gasteiger partial charge in [0.2, 0.25) is 11.7 Å². The van der Waals surface area contributed by atoms with Crippen LogP contribution in [0.2, 0.25) is 0 Å². The molecule has 2 aliphatic heterocycles. The largest absolute Gasteiger partial charge is 0.493 e. The highest BCUT2D eigenvalue weighted by molar-refractivity contribution is 7.91. The topological polar surface area (TPSA) is 85.4 Å². The fourth-order valence-electron chi connectivity index (χ4n) is 3.98. The van der Waals surface area contributed by atoms with Gasteiger partial charge in [0.15, 0.2) is 21.3 Å². The third-order valence-electron chi connectivity index (χ3n) is 5.52. The van der Waals surface area contributed by atoms with E-state index >= 15 is 0 Å². The van der Waals surface area contributed by atoms with E-state index in [1.807, 2.05) is 11.0 Å². The van der Waals surface area contributed by atoms with Gasteiger partial charge in [-0.1, -0.05) is 6.07 Å². The van der Waals surface area contributed by atoms with Crippen molar-refractivity contribution in [1.29, 1.82) is 0 Å². The monoisotopic (exact) mass is 412 g/mol. The van der Waals surface area contributed by atoms with Crippen molar-refractivity contribution in [2.45, 2.75) is 18.9 Å². The van der Waals surface area contributed by atoms with E-state index in [0.717, 1.165) is 5.56 Å². The summed E-state index contributed by atoms with van der Waals surface area (Å²) in [4.78, 5) is 16.8. The molecular weight excluding hydrogens is 384 g/mol. The molecule has 28 heavy (non-hydrogen) atoms. The summed E-state index contributed by atoms with van der Waals surface area (Å²) in [6.45, 7) is 2.61. The van der Waals surface area contributed by atoms with Crippen LogP contribution in [-0.2, 0) is 21.1 Å². The minimum atomic E-state index is -2.89. The number of carbonyl (C=O) groups excluding carboxylic acids is 1. The lowest BCUT2D eigenvalue weighted by Crippen LogP contribution is -2.52. The van der Waals surface area contributed by atoms with Crippen LogP contribution in [0.3, 0.4) is 0 Å². The predicted octanol–water partition coefficient (Wildman–Crippen LogP) is 0.586. The maximum absolute atomic E-state index is 12.8. The fourth-order valence-corrected chi connectivity index (χ4v) is 5.74. The third-order valence-corrected chi connectivity index (χ3v) is 7.27. The van der Waals surface area contributed by atoms with Gasteiger partial charge in [0, 0.05) is 37.8 Å². The fraction of sp³-hybridized carbons (Fsp3) is 0.632. The Balaban J connectivity index is 1.62. The standard InChI is InChI=1S/C19H28N2O6S/c1-25-16-5-4-14(18(26-2)19(16)27-3)12-17(22)21-9-7-20(8-10-21)15-6-11-28(23,24)13-15/h4-5,15H,6-13H2,1-3H3/t15-/m1/s1. The summed E-state index contributed by atoms with van der Waals surface area (Å²) >= 11 is 0. The Morgan fingerprint density at radius 1 is 1.04 bits per heavy atom. The zero-order valence-corrected chi connectivity index (χ0v) is 17.5. The number of methoxy groups -OCH3 is 3. The molecule has 0 unspecified atom stereocenters. The minimum Gasteiger partial charge on any atom is -0.493 e. The molecule has 1 aromatic carbocycles. The summed E-state index contributed by atoms with van der Waals surface area (Å²) < 4.78 is 39.5. The molecule has 1 amide bonds. The minimum absolute atomic E-state index is 0.0178. The molecular formula is C19H28N2O6S. The molecule has 0 saturated carbocycles. The predicted molar refractivity (Wildman–Crippen MR) is 105 cm³/mol. The number of rotatable bonds is 6. The molecule has 0 aliphatic carbocycles. The average Bonchev–Trinajstić information content (AvgIpc) is 3.07. The van der Waals surface area contributed by atoms with Gasteiger partial charge in [0.1, 0.15) is 0 Å². The number of carbonyl (C=O) groups is 1. The van der Waals surface area contributed by atoms with Crippen LogP contribution in [-0.4, -0.2) is 89.2 Å². The van der Waals surface area contributed by atoms with Crippen LogP contribution in [0.15, 0.2) is 12.1 Å². The first-order valence-corrected chi connectivity index (χ1v) is 11.2. The van der Waals surface area contributed by atoms with E-state index in [1.54, 1.807) is 20.3 Å². The summed E-state index contributed by atoms with van der Waals surface area (Å²) in [7, 11) is 1.74. The molecule has 2 aliphatic rings. The molecule has 1 atom stereocenters. The molecule has 1 aromatic rings. The Morgan fingerprint density at radius 3 is 2.25 bits per heavy atom. The van der Waals surface area contributed by atoms with Gasteiger partial charge < -0.3 is 19.1 Å². The number of hydrogen-bond donors (Lipinski definition) is 0. The summed E-state index contributed by atoms with van der Waals surface area (Å²) in [5.41, 5.74) is 0.745. The lowest BCUT2D eigenvalue weighted by atomic mass is 10.1. The van der Waals surface area contributed by atoms with E-state index in [4.69, 9.17) is 14.2 Å². The van der Waals surface area contributed by atoms with E-state index in [9.17, 15) is 13.2 Å². The Hall–Kier alpha value is -2.00. The summed E-state index contributed by atoms with van der Waals surface area (Å²) in [6.07, 6.45) is 0.903. The van der Waals surface area contributed by atoms with Gasteiger partial charge in [0.25, 0.3) is 0 Å². The number of ether oxygens (including phenoxy) is 3. The van der Waals surface area contributed by atoms with Gasteiger partial charge in [0.05, 0.1) is 39.3 Å². The lowest BCUT2D eigenvalue weighted by Gasteiger charge is -2.37. The first-order chi connectivity index (χ1) is 13.4. The van der Waals surface area contributed by atoms with Crippen molar-refractivity contribution in [2.24, 2.45) is 0 Å². The molecule has 0 spiro atoms. The van der Waals surface area contributed by atoms with E-state index in [1.165, 1.54) is 7.11 Å². The first-order valence-electron chi connectivity index (χ1n) is 9.38. The van der Waals surface area contributed by atoms with E-state index < -0.39 is 9.84 Å². The highest BCUT2D eigenvalue weighted by Gasteiger charge is 2.34. The van der Waals surface area contributed by atoms with Crippen LogP contribution in [0.1, 0.15) is 12.0 Å². The van der Waals surface area contributed by atoms with Crippen molar-refractivity contribution < 1.29 is 27.4 Å². The Bertz CT molecular complexity index is 818. The second kappa shape index (κ2) is 8.57. The molecule has 0 bridgehead atoms. The first kappa shape index (κ1) is 20.7. The summed E-state index contributed by atoms with van der Waals surface area (Å²) in [6, 6.07) is 3.67. The van der Waals surface area contributed by atoms with Crippen molar-refractivity contribution in [1.82, 2.24) is 9.80 Å². The van der Waals surface area contributed by atoms with Crippen LogP contribution in [0, 0.1) is 0 Å². The maximum atomic E-state index is 12.8. The molecule has 3 rings (SSSR count). The van der Waals surface area contributed by atoms with Crippen molar-refractivity contribution in [3.05, 3.63) is 17.7 Å². The molecule has 2 saturated heterocycles. The van der Waals surface area contributed by atoms with Gasteiger partial charge in [-0.3, -0.25) is 9.69 Å². The van der Waals surface area contributed by atoms with Gasteiger partial charge in [-0.15, -0.1) is 0 Å². The quantitative estimate of drug-likeness (QED) is 0.676. The lowest BCUT2D eigenvalue weighted by molar-refractivity contribution is -0.132. The Morgan fingerprint density at radius 2 is 1.71 bits per heavy atom. The molecule has 0 aromatic heterocycles. The van der Waals surface area contributed by atoms with Crippen molar-refractivity contribution in [3.8, 4) is 17.2 Å². The van der Waals surface area contributed by atoms with Crippen LogP contribution in [0.4, 0.5) is 0 Å². The molecule has 8 nitrogen and oxygen atoms in total. The normalized spacial score (nSPS) is 22.1. The number of sulfone groups is 1. The third kappa shape index (κ3) is 4.35. The molecule has 2 heterocycles. The van der Waals surface area contributed by atoms with E-state index in [-0.39, 0.29) is 29.9 Å². The molecule has 0 N–H and O–H groups in total. The second-order valence-electron chi connectivity index (χ2n) is 7.14.